The number of carbonyl (C=O) groups excluding carboxylic acids is 2. The number of carbonyl (C=O) groups is 2. The molecule has 1 heterocycles. The maximum atomic E-state index is 12.5. The highest BCUT2D eigenvalue weighted by Crippen LogP contribution is 2.21. The second kappa shape index (κ2) is 4.73. The van der Waals surface area contributed by atoms with Crippen LogP contribution in [0.3, 0.4) is 0 Å². The van der Waals surface area contributed by atoms with Gasteiger partial charge in [0, 0.05) is 18.7 Å². The predicted octanol–water partition coefficient (Wildman–Crippen LogP) is 0.909. The quantitative estimate of drug-likeness (QED) is 0.812. The van der Waals surface area contributed by atoms with E-state index < -0.39 is 5.54 Å². The third-order valence-electron chi connectivity index (χ3n) is 3.34. The Morgan fingerprint density at radius 3 is 2.89 bits per heavy atom. The molecule has 1 saturated heterocycles. The van der Waals surface area contributed by atoms with Gasteiger partial charge in [0.2, 0.25) is 5.91 Å². The van der Waals surface area contributed by atoms with E-state index in [1.165, 1.54) is 0 Å². The first-order valence-corrected chi connectivity index (χ1v) is 6.07. The molecule has 0 radical (unpaired) electrons. The molecule has 1 aliphatic rings. The fourth-order valence-electron chi connectivity index (χ4n) is 2.13. The molecule has 0 bridgehead atoms. The summed E-state index contributed by atoms with van der Waals surface area (Å²) in [5, 5.41) is 11.6. The summed E-state index contributed by atoms with van der Waals surface area (Å²) in [6, 6.07) is 8.52. The lowest BCUT2D eigenvalue weighted by Crippen LogP contribution is -2.63. The largest absolute Gasteiger partial charge is 0.352 e. The molecule has 0 saturated carbocycles. The Labute approximate surface area is 111 Å². The molecule has 0 aliphatic carbocycles. The smallest absolute Gasteiger partial charge is 0.254 e. The molecule has 5 nitrogen and oxygen atoms in total. The fourth-order valence-corrected chi connectivity index (χ4v) is 2.13. The molecule has 2 rings (SSSR count). The van der Waals surface area contributed by atoms with Crippen LogP contribution < -0.4 is 5.32 Å². The second-order valence-electron chi connectivity index (χ2n) is 4.96. The minimum atomic E-state index is -0.877. The maximum Gasteiger partial charge on any atom is 0.254 e. The summed E-state index contributed by atoms with van der Waals surface area (Å²) in [4.78, 5) is 25.8. The van der Waals surface area contributed by atoms with Crippen LogP contribution in [0.4, 0.5) is 0 Å². The standard InChI is InChI=1S/C14H15N3O2/c1-14(2)13(19)16-6-7-17(14)12(18)11-5-3-4-10(8-11)9-15/h3-5,8H,6-7H2,1-2H3,(H,16,19). The van der Waals surface area contributed by atoms with Gasteiger partial charge in [-0.3, -0.25) is 9.59 Å². The summed E-state index contributed by atoms with van der Waals surface area (Å²) in [5.74, 6) is -0.388. The molecule has 0 atom stereocenters. The van der Waals surface area contributed by atoms with Crippen molar-refractivity contribution in [2.75, 3.05) is 13.1 Å². The highest BCUT2D eigenvalue weighted by molar-refractivity contribution is 5.99. The van der Waals surface area contributed by atoms with Crippen LogP contribution in [0.25, 0.3) is 0 Å². The third kappa shape index (κ3) is 2.29. The van der Waals surface area contributed by atoms with Crippen molar-refractivity contribution in [1.29, 1.82) is 5.26 Å². The zero-order chi connectivity index (χ0) is 14.0. The topological polar surface area (TPSA) is 73.2 Å². The van der Waals surface area contributed by atoms with Crippen LogP contribution in [0.2, 0.25) is 0 Å². The Morgan fingerprint density at radius 2 is 2.21 bits per heavy atom. The van der Waals surface area contributed by atoms with E-state index in [1.807, 2.05) is 6.07 Å². The molecule has 1 aliphatic heterocycles. The van der Waals surface area contributed by atoms with E-state index in [2.05, 4.69) is 5.32 Å². The van der Waals surface area contributed by atoms with Gasteiger partial charge >= 0.3 is 0 Å². The van der Waals surface area contributed by atoms with Crippen molar-refractivity contribution in [3.05, 3.63) is 35.4 Å². The monoisotopic (exact) mass is 257 g/mol. The van der Waals surface area contributed by atoms with Crippen molar-refractivity contribution >= 4 is 11.8 Å². The number of nitriles is 1. The summed E-state index contributed by atoms with van der Waals surface area (Å²) in [5.41, 5.74) is -0.00946. The zero-order valence-electron chi connectivity index (χ0n) is 10.9. The molecule has 1 fully saturated rings. The van der Waals surface area contributed by atoms with E-state index in [-0.39, 0.29) is 11.8 Å². The molecular formula is C14H15N3O2. The first-order valence-electron chi connectivity index (χ1n) is 6.07. The molecule has 19 heavy (non-hydrogen) atoms. The fraction of sp³-hybridized carbons (Fsp3) is 0.357. The summed E-state index contributed by atoms with van der Waals surface area (Å²) in [6.45, 7) is 4.35. The van der Waals surface area contributed by atoms with Crippen molar-refractivity contribution in [2.24, 2.45) is 0 Å². The van der Waals surface area contributed by atoms with E-state index in [0.717, 1.165) is 0 Å². The van der Waals surface area contributed by atoms with Gasteiger partial charge in [0.15, 0.2) is 0 Å². The summed E-state index contributed by atoms with van der Waals surface area (Å²) < 4.78 is 0. The number of amides is 2. The van der Waals surface area contributed by atoms with Gasteiger partial charge in [0.05, 0.1) is 11.6 Å². The van der Waals surface area contributed by atoms with Crippen LogP contribution in [0.15, 0.2) is 24.3 Å². The van der Waals surface area contributed by atoms with Gasteiger partial charge < -0.3 is 10.2 Å². The Kier molecular flexibility index (Phi) is 3.26. The van der Waals surface area contributed by atoms with Gasteiger partial charge in [0.1, 0.15) is 5.54 Å². The van der Waals surface area contributed by atoms with E-state index in [1.54, 1.807) is 43.0 Å². The lowest BCUT2D eigenvalue weighted by Gasteiger charge is -2.41. The molecule has 1 N–H and O–H groups in total. The van der Waals surface area contributed by atoms with Crippen molar-refractivity contribution in [1.82, 2.24) is 10.2 Å². The zero-order valence-corrected chi connectivity index (χ0v) is 10.9. The summed E-state index contributed by atoms with van der Waals surface area (Å²) in [7, 11) is 0. The number of rotatable bonds is 1. The number of benzene rings is 1. The molecule has 0 spiro atoms. The van der Waals surface area contributed by atoms with E-state index >= 15 is 0 Å². The minimum absolute atomic E-state index is 0.163. The molecule has 1 aromatic carbocycles. The number of hydrogen-bond donors (Lipinski definition) is 1. The summed E-state index contributed by atoms with van der Waals surface area (Å²) >= 11 is 0. The van der Waals surface area contributed by atoms with E-state index in [9.17, 15) is 9.59 Å². The van der Waals surface area contributed by atoms with Crippen LogP contribution >= 0.6 is 0 Å². The lowest BCUT2D eigenvalue weighted by molar-refractivity contribution is -0.133. The van der Waals surface area contributed by atoms with Crippen LogP contribution in [0.5, 0.6) is 0 Å². The Hall–Kier alpha value is -2.35. The van der Waals surface area contributed by atoms with Crippen molar-refractivity contribution in [3.63, 3.8) is 0 Å². The van der Waals surface area contributed by atoms with Gasteiger partial charge in [-0.25, -0.2) is 0 Å². The lowest BCUT2D eigenvalue weighted by atomic mass is 9.97. The molecule has 98 valence electrons. The first-order chi connectivity index (χ1) is 8.96. The number of piperazine rings is 1. The molecule has 0 unspecified atom stereocenters. The molecule has 5 heteroatoms. The van der Waals surface area contributed by atoms with E-state index in [4.69, 9.17) is 5.26 Å². The Balaban J connectivity index is 2.33. The van der Waals surface area contributed by atoms with Crippen LogP contribution in [-0.2, 0) is 4.79 Å². The van der Waals surface area contributed by atoms with Gasteiger partial charge in [-0.2, -0.15) is 5.26 Å². The van der Waals surface area contributed by atoms with Crippen LogP contribution in [-0.4, -0.2) is 35.3 Å². The van der Waals surface area contributed by atoms with Gasteiger partial charge in [0.25, 0.3) is 5.91 Å². The summed E-state index contributed by atoms with van der Waals surface area (Å²) in [6.07, 6.45) is 0. The normalized spacial score (nSPS) is 17.5. The Bertz CT molecular complexity index is 572. The SMILES string of the molecule is CC1(C)C(=O)NCCN1C(=O)c1cccc(C#N)c1. The first kappa shape index (κ1) is 13.1. The average Bonchev–Trinajstić information content (AvgIpc) is 2.41. The number of hydrogen-bond acceptors (Lipinski definition) is 3. The number of nitrogens with zero attached hydrogens (tertiary/aromatic N) is 2. The van der Waals surface area contributed by atoms with Gasteiger partial charge in [-0.1, -0.05) is 6.07 Å². The van der Waals surface area contributed by atoms with Crippen molar-refractivity contribution < 1.29 is 9.59 Å². The molecule has 1 aromatic rings. The predicted molar refractivity (Wildman–Crippen MR) is 69.3 cm³/mol. The third-order valence-corrected chi connectivity index (χ3v) is 3.34. The van der Waals surface area contributed by atoms with Crippen molar-refractivity contribution in [3.8, 4) is 6.07 Å². The Morgan fingerprint density at radius 1 is 1.47 bits per heavy atom. The van der Waals surface area contributed by atoms with Crippen molar-refractivity contribution in [2.45, 2.75) is 19.4 Å². The molecular weight excluding hydrogens is 242 g/mol. The highest BCUT2D eigenvalue weighted by Gasteiger charge is 2.40. The highest BCUT2D eigenvalue weighted by atomic mass is 16.2. The van der Waals surface area contributed by atoms with Gasteiger partial charge in [-0.05, 0) is 32.0 Å². The van der Waals surface area contributed by atoms with Crippen LogP contribution in [0, 0.1) is 11.3 Å². The minimum Gasteiger partial charge on any atom is -0.352 e. The maximum absolute atomic E-state index is 12.5. The molecule has 0 aromatic heterocycles. The number of nitrogens with one attached hydrogen (secondary N) is 1. The van der Waals surface area contributed by atoms with Crippen LogP contribution in [0.1, 0.15) is 29.8 Å². The molecule has 2 amide bonds. The average molecular weight is 257 g/mol. The second-order valence-corrected chi connectivity index (χ2v) is 4.96. The van der Waals surface area contributed by atoms with E-state index in [0.29, 0.717) is 24.2 Å². The van der Waals surface area contributed by atoms with Gasteiger partial charge in [-0.15, -0.1) is 0 Å².